The van der Waals surface area contributed by atoms with E-state index < -0.39 is 11.9 Å². The first kappa shape index (κ1) is 25.6. The zero-order valence-electron chi connectivity index (χ0n) is 18.5. The van der Waals surface area contributed by atoms with Gasteiger partial charge < -0.3 is 35.8 Å². The number of methoxy groups -OCH3 is 1. The third-order valence-electron chi connectivity index (χ3n) is 4.19. The second-order valence-electron chi connectivity index (χ2n) is 6.64. The minimum absolute atomic E-state index is 0.0133. The van der Waals surface area contributed by atoms with Crippen LogP contribution in [0.5, 0.6) is 5.75 Å². The van der Waals surface area contributed by atoms with E-state index in [4.69, 9.17) is 26.8 Å². The number of carboxylic acids is 1. The van der Waals surface area contributed by atoms with Gasteiger partial charge in [0.05, 0.1) is 20.1 Å². The Balaban J connectivity index is 1.94. The number of nitrogens with one attached hydrogen (secondary N) is 4. The van der Waals surface area contributed by atoms with Crippen molar-refractivity contribution in [1.82, 2.24) is 20.6 Å². The summed E-state index contributed by atoms with van der Waals surface area (Å²) in [6, 6.07) is 7.27. The van der Waals surface area contributed by atoms with Gasteiger partial charge in [0.25, 0.3) is 0 Å². The van der Waals surface area contributed by atoms with Gasteiger partial charge in [-0.2, -0.15) is 4.98 Å². The van der Waals surface area contributed by atoms with Crippen LogP contribution in [0.15, 0.2) is 30.5 Å². The predicted octanol–water partition coefficient (Wildman–Crippen LogP) is 2.15. The van der Waals surface area contributed by atoms with Crippen LogP contribution in [-0.4, -0.2) is 65.5 Å². The van der Waals surface area contributed by atoms with E-state index in [2.05, 4.69) is 31.2 Å². The zero-order chi connectivity index (χ0) is 24.1. The largest absolute Gasteiger partial charge is 0.497 e. The van der Waals surface area contributed by atoms with Gasteiger partial charge in [0, 0.05) is 31.5 Å². The SMILES string of the molecule is CCOC(=O)c1cnc(Nc2ccc(OC)cc2)nc1NCCCNC(=S)NCCC(=O)O. The topological polar surface area (TPSA) is 147 Å². The molecule has 1 aromatic carbocycles. The first-order chi connectivity index (χ1) is 15.9. The van der Waals surface area contributed by atoms with Crippen LogP contribution in [0, 0.1) is 0 Å². The summed E-state index contributed by atoms with van der Waals surface area (Å²) in [6.07, 6.45) is 2.06. The molecule has 1 aromatic heterocycles. The van der Waals surface area contributed by atoms with Crippen LogP contribution in [-0.2, 0) is 9.53 Å². The molecule has 0 aliphatic carbocycles. The molecule has 0 spiro atoms. The molecule has 2 aromatic rings. The molecule has 0 atom stereocenters. The van der Waals surface area contributed by atoms with Gasteiger partial charge in [-0.1, -0.05) is 0 Å². The van der Waals surface area contributed by atoms with Crippen LogP contribution in [0.3, 0.4) is 0 Å². The lowest BCUT2D eigenvalue weighted by Crippen LogP contribution is -2.37. The van der Waals surface area contributed by atoms with Gasteiger partial charge in [-0.15, -0.1) is 0 Å². The van der Waals surface area contributed by atoms with Crippen molar-refractivity contribution in [2.75, 3.05) is 44.0 Å². The van der Waals surface area contributed by atoms with E-state index in [9.17, 15) is 9.59 Å². The number of hydrogen-bond acceptors (Lipinski definition) is 9. The fourth-order valence-corrected chi connectivity index (χ4v) is 2.79. The van der Waals surface area contributed by atoms with Crippen molar-refractivity contribution in [2.45, 2.75) is 19.8 Å². The summed E-state index contributed by atoms with van der Waals surface area (Å²) in [4.78, 5) is 31.4. The third-order valence-corrected chi connectivity index (χ3v) is 4.47. The normalized spacial score (nSPS) is 10.1. The highest BCUT2D eigenvalue weighted by Gasteiger charge is 2.16. The Morgan fingerprint density at radius 1 is 1.12 bits per heavy atom. The molecular weight excluding hydrogens is 448 g/mol. The Morgan fingerprint density at radius 2 is 1.85 bits per heavy atom. The number of nitrogens with zero attached hydrogens (tertiary/aromatic N) is 2. The summed E-state index contributed by atoms with van der Waals surface area (Å²) in [5, 5.41) is 21.1. The average molecular weight is 477 g/mol. The molecule has 0 radical (unpaired) electrons. The number of benzene rings is 1. The third kappa shape index (κ3) is 9.15. The van der Waals surface area contributed by atoms with Crippen molar-refractivity contribution >= 4 is 46.7 Å². The highest BCUT2D eigenvalue weighted by Crippen LogP contribution is 2.20. The maximum absolute atomic E-state index is 12.3. The van der Waals surface area contributed by atoms with Gasteiger partial charge in [0.15, 0.2) is 5.11 Å². The van der Waals surface area contributed by atoms with Crippen LogP contribution in [0.1, 0.15) is 30.1 Å². The minimum atomic E-state index is -0.891. The highest BCUT2D eigenvalue weighted by molar-refractivity contribution is 7.80. The standard InChI is InChI=1S/C21H28N6O5S/c1-3-32-19(30)16-13-25-20(26-14-5-7-15(31-2)8-6-14)27-18(16)22-10-4-11-23-21(33)24-12-9-17(28)29/h5-8,13H,3-4,9-12H2,1-2H3,(H,28,29)(H2,23,24,33)(H2,22,25,26,27). The van der Waals surface area contributed by atoms with Gasteiger partial charge in [0.2, 0.25) is 5.95 Å². The van der Waals surface area contributed by atoms with Gasteiger partial charge in [-0.3, -0.25) is 4.79 Å². The molecule has 33 heavy (non-hydrogen) atoms. The molecular formula is C21H28N6O5S. The van der Waals surface area contributed by atoms with Crippen molar-refractivity contribution < 1.29 is 24.2 Å². The Kier molecular flexibility index (Phi) is 10.6. The average Bonchev–Trinajstić information content (AvgIpc) is 2.79. The number of carbonyl (C=O) groups excluding carboxylic acids is 1. The van der Waals surface area contributed by atoms with Crippen molar-refractivity contribution in [1.29, 1.82) is 0 Å². The van der Waals surface area contributed by atoms with Crippen molar-refractivity contribution in [2.24, 2.45) is 0 Å². The summed E-state index contributed by atoms with van der Waals surface area (Å²) in [5.41, 5.74) is 0.995. The van der Waals surface area contributed by atoms with E-state index in [1.165, 1.54) is 6.20 Å². The summed E-state index contributed by atoms with van der Waals surface area (Å²) in [7, 11) is 1.59. The molecule has 0 aliphatic rings. The fraction of sp³-hybridized carbons (Fsp3) is 0.381. The first-order valence-electron chi connectivity index (χ1n) is 10.4. The van der Waals surface area contributed by atoms with Crippen molar-refractivity contribution in [3.63, 3.8) is 0 Å². The lowest BCUT2D eigenvalue weighted by molar-refractivity contribution is -0.136. The number of thiocarbonyl (C=S) groups is 1. The molecule has 12 heteroatoms. The molecule has 0 amide bonds. The molecule has 0 saturated heterocycles. The maximum atomic E-state index is 12.3. The summed E-state index contributed by atoms with van der Waals surface area (Å²) in [6.45, 7) is 3.26. The fourth-order valence-electron chi connectivity index (χ4n) is 2.58. The molecule has 11 nitrogen and oxygen atoms in total. The number of ether oxygens (including phenoxy) is 2. The number of carboxylic acid groups (broad SMARTS) is 1. The Morgan fingerprint density at radius 3 is 2.52 bits per heavy atom. The molecule has 2 rings (SSSR count). The summed E-state index contributed by atoms with van der Waals surface area (Å²) >= 11 is 5.09. The number of aromatic nitrogens is 2. The minimum Gasteiger partial charge on any atom is -0.497 e. The van der Waals surface area contributed by atoms with Crippen LogP contribution < -0.4 is 26.0 Å². The van der Waals surface area contributed by atoms with E-state index in [1.54, 1.807) is 14.0 Å². The van der Waals surface area contributed by atoms with Gasteiger partial charge in [0.1, 0.15) is 17.1 Å². The van der Waals surface area contributed by atoms with E-state index in [1.807, 2.05) is 24.3 Å². The van der Waals surface area contributed by atoms with Gasteiger partial charge >= 0.3 is 11.9 Å². The second-order valence-corrected chi connectivity index (χ2v) is 7.04. The van der Waals surface area contributed by atoms with Crippen LogP contribution in [0.4, 0.5) is 17.5 Å². The number of esters is 1. The lowest BCUT2D eigenvalue weighted by atomic mass is 10.3. The molecule has 0 fully saturated rings. The molecule has 1 heterocycles. The highest BCUT2D eigenvalue weighted by atomic mass is 32.1. The van der Waals surface area contributed by atoms with Crippen LogP contribution in [0.25, 0.3) is 0 Å². The second kappa shape index (κ2) is 13.7. The van der Waals surface area contributed by atoms with Crippen molar-refractivity contribution in [3.05, 3.63) is 36.0 Å². The van der Waals surface area contributed by atoms with E-state index >= 15 is 0 Å². The van der Waals surface area contributed by atoms with Gasteiger partial charge in [-0.05, 0) is 49.8 Å². The van der Waals surface area contributed by atoms with E-state index in [0.717, 1.165) is 11.4 Å². The van der Waals surface area contributed by atoms with Crippen LogP contribution >= 0.6 is 12.2 Å². The monoisotopic (exact) mass is 476 g/mol. The van der Waals surface area contributed by atoms with Crippen molar-refractivity contribution in [3.8, 4) is 5.75 Å². The van der Waals surface area contributed by atoms with E-state index in [0.29, 0.717) is 36.4 Å². The molecule has 178 valence electrons. The van der Waals surface area contributed by atoms with E-state index in [-0.39, 0.29) is 25.1 Å². The van der Waals surface area contributed by atoms with Gasteiger partial charge in [-0.25, -0.2) is 9.78 Å². The number of hydrogen-bond donors (Lipinski definition) is 5. The van der Waals surface area contributed by atoms with Crippen LogP contribution in [0.2, 0.25) is 0 Å². The predicted molar refractivity (Wildman–Crippen MR) is 128 cm³/mol. The zero-order valence-corrected chi connectivity index (χ0v) is 19.3. The Hall–Kier alpha value is -3.67. The molecule has 0 saturated carbocycles. The number of carbonyl (C=O) groups is 2. The smallest absolute Gasteiger partial charge is 0.343 e. The molecule has 0 unspecified atom stereocenters. The Bertz CT molecular complexity index is 941. The Labute approximate surface area is 197 Å². The number of rotatable bonds is 13. The number of anilines is 3. The maximum Gasteiger partial charge on any atom is 0.343 e. The quantitative estimate of drug-likeness (QED) is 0.164. The first-order valence-corrected chi connectivity index (χ1v) is 10.8. The lowest BCUT2D eigenvalue weighted by Gasteiger charge is -2.13. The molecule has 5 N–H and O–H groups in total. The summed E-state index contributed by atoms with van der Waals surface area (Å²) < 4.78 is 10.2. The molecule has 0 aliphatic heterocycles. The number of aliphatic carboxylic acids is 1. The summed E-state index contributed by atoms with van der Waals surface area (Å²) in [5.74, 6) is -0.0125. The molecule has 0 bridgehead atoms.